The number of fused-ring (bicyclic) bond motifs is 1. The van der Waals surface area contributed by atoms with Crippen molar-refractivity contribution in [2.45, 2.75) is 0 Å². The van der Waals surface area contributed by atoms with Crippen LogP contribution < -0.4 is 10.6 Å². The summed E-state index contributed by atoms with van der Waals surface area (Å²) in [4.78, 5) is 4.15. The van der Waals surface area contributed by atoms with Gasteiger partial charge in [-0.3, -0.25) is 4.99 Å². The van der Waals surface area contributed by atoms with Crippen molar-refractivity contribution in [2.75, 3.05) is 18.4 Å². The van der Waals surface area contributed by atoms with E-state index in [0.29, 0.717) is 29.2 Å². The first kappa shape index (κ1) is 9.46. The van der Waals surface area contributed by atoms with Crippen molar-refractivity contribution < 1.29 is 4.39 Å². The summed E-state index contributed by atoms with van der Waals surface area (Å²) in [7, 11) is 0. The van der Waals surface area contributed by atoms with Gasteiger partial charge in [0.15, 0.2) is 5.96 Å². The summed E-state index contributed by atoms with van der Waals surface area (Å²) in [5.41, 5.74) is 1.56. The van der Waals surface area contributed by atoms with Crippen LogP contribution in [0.4, 0.5) is 10.1 Å². The van der Waals surface area contributed by atoms with Gasteiger partial charge in [0, 0.05) is 6.54 Å². The van der Waals surface area contributed by atoms with Gasteiger partial charge in [-0.1, -0.05) is 0 Å². The number of guanidine groups is 1. The lowest BCUT2D eigenvalue weighted by Gasteiger charge is -2.07. The number of hydrogen-bond acceptors (Lipinski definition) is 6. The number of anilines is 1. The van der Waals surface area contributed by atoms with Crippen molar-refractivity contribution in [1.82, 2.24) is 14.1 Å². The summed E-state index contributed by atoms with van der Waals surface area (Å²) in [6.07, 6.45) is 0. The van der Waals surface area contributed by atoms with Crippen molar-refractivity contribution in [2.24, 2.45) is 4.99 Å². The van der Waals surface area contributed by atoms with Crippen molar-refractivity contribution in [3.8, 4) is 0 Å². The van der Waals surface area contributed by atoms with Gasteiger partial charge in [0.2, 0.25) is 0 Å². The molecule has 0 unspecified atom stereocenters. The highest BCUT2D eigenvalue weighted by Crippen LogP contribution is 2.24. The summed E-state index contributed by atoms with van der Waals surface area (Å²) in [6, 6.07) is 2.99. The molecule has 2 heterocycles. The van der Waals surface area contributed by atoms with Crippen LogP contribution in [0.5, 0.6) is 0 Å². The lowest BCUT2D eigenvalue weighted by atomic mass is 10.2. The van der Waals surface area contributed by atoms with E-state index in [1.165, 1.54) is 6.07 Å². The highest BCUT2D eigenvalue weighted by molar-refractivity contribution is 7.00. The first-order valence-corrected chi connectivity index (χ1v) is 5.54. The summed E-state index contributed by atoms with van der Waals surface area (Å²) in [5.74, 6) is 0.232. The maximum absolute atomic E-state index is 13.6. The maximum atomic E-state index is 13.6. The van der Waals surface area contributed by atoms with Gasteiger partial charge in [-0.25, -0.2) is 4.39 Å². The quantitative estimate of drug-likeness (QED) is 0.782. The van der Waals surface area contributed by atoms with Crippen molar-refractivity contribution >= 4 is 34.4 Å². The first-order valence-electron chi connectivity index (χ1n) is 4.81. The van der Waals surface area contributed by atoms with E-state index in [0.717, 1.165) is 18.3 Å². The fourth-order valence-corrected chi connectivity index (χ4v) is 2.09. The third-order valence-electron chi connectivity index (χ3n) is 2.29. The third-order valence-corrected chi connectivity index (χ3v) is 2.84. The zero-order chi connectivity index (χ0) is 11.0. The number of nitrogens with zero attached hydrogens (tertiary/aromatic N) is 3. The van der Waals surface area contributed by atoms with Gasteiger partial charge in [-0.15, -0.1) is 0 Å². The van der Waals surface area contributed by atoms with Crippen LogP contribution in [0.2, 0.25) is 0 Å². The molecule has 0 bridgehead atoms. The minimum Gasteiger partial charge on any atom is -0.354 e. The summed E-state index contributed by atoms with van der Waals surface area (Å²) >= 11 is 1.07. The fraction of sp³-hybridized carbons (Fsp3) is 0.222. The van der Waals surface area contributed by atoms with Crippen molar-refractivity contribution in [3.63, 3.8) is 0 Å². The average Bonchev–Trinajstić information content (AvgIpc) is 2.92. The number of aliphatic imine (C=N–C) groups is 1. The average molecular weight is 237 g/mol. The molecule has 82 valence electrons. The minimum atomic E-state index is -0.350. The summed E-state index contributed by atoms with van der Waals surface area (Å²) in [5, 5.41) is 5.92. The molecule has 1 aliphatic rings. The smallest absolute Gasteiger partial charge is 0.196 e. The minimum absolute atomic E-state index is 0.333. The van der Waals surface area contributed by atoms with E-state index in [1.807, 2.05) is 0 Å². The van der Waals surface area contributed by atoms with Crippen molar-refractivity contribution in [3.05, 3.63) is 17.9 Å². The summed E-state index contributed by atoms with van der Waals surface area (Å²) < 4.78 is 21.8. The molecule has 0 amide bonds. The Labute approximate surface area is 94.7 Å². The standard InChI is InChI=1S/C9H8FN5S/c10-5-1-2-6-8(15-16-14-6)7(5)13-9-11-3-4-12-9/h1-2H,3-4H2,(H2,11,12,13). The van der Waals surface area contributed by atoms with E-state index >= 15 is 0 Å². The molecule has 3 rings (SSSR count). The van der Waals surface area contributed by atoms with Crippen LogP contribution in [-0.2, 0) is 0 Å². The Morgan fingerprint density at radius 2 is 2.31 bits per heavy atom. The molecule has 0 aliphatic carbocycles. The molecule has 5 nitrogen and oxygen atoms in total. The Kier molecular flexibility index (Phi) is 2.17. The van der Waals surface area contributed by atoms with Crippen LogP contribution in [0.1, 0.15) is 0 Å². The van der Waals surface area contributed by atoms with Gasteiger partial charge in [0.05, 0.1) is 18.3 Å². The highest BCUT2D eigenvalue weighted by Gasteiger charge is 2.14. The second-order valence-electron chi connectivity index (χ2n) is 3.34. The normalized spacial score (nSPS) is 14.9. The molecule has 16 heavy (non-hydrogen) atoms. The van der Waals surface area contributed by atoms with Gasteiger partial charge < -0.3 is 10.6 Å². The number of aromatic nitrogens is 2. The Hall–Kier alpha value is -1.76. The van der Waals surface area contributed by atoms with Crippen LogP contribution in [0.25, 0.3) is 11.0 Å². The van der Waals surface area contributed by atoms with Gasteiger partial charge >= 0.3 is 0 Å². The molecule has 0 saturated heterocycles. The van der Waals surface area contributed by atoms with Crippen molar-refractivity contribution in [1.29, 1.82) is 0 Å². The molecule has 0 radical (unpaired) electrons. The van der Waals surface area contributed by atoms with Crippen LogP contribution in [0, 0.1) is 5.82 Å². The molecule has 0 fully saturated rings. The molecule has 0 spiro atoms. The lowest BCUT2D eigenvalue weighted by molar-refractivity contribution is 0.633. The fourth-order valence-electron chi connectivity index (χ4n) is 1.55. The second-order valence-corrected chi connectivity index (χ2v) is 3.86. The molecule has 2 N–H and O–H groups in total. The first-order chi connectivity index (χ1) is 7.84. The predicted octanol–water partition coefficient (Wildman–Crippen LogP) is 1.20. The predicted molar refractivity (Wildman–Crippen MR) is 61.3 cm³/mol. The van der Waals surface area contributed by atoms with Gasteiger partial charge in [0.25, 0.3) is 0 Å². The SMILES string of the molecule is Fc1ccc2nsnc2c1NC1=NCCN1. The highest BCUT2D eigenvalue weighted by atomic mass is 32.1. The number of hydrogen-bond donors (Lipinski definition) is 2. The van der Waals surface area contributed by atoms with E-state index in [9.17, 15) is 4.39 Å². The molecule has 1 aromatic heterocycles. The topological polar surface area (TPSA) is 62.2 Å². The Bertz CT molecular complexity index is 564. The third kappa shape index (κ3) is 1.49. The lowest BCUT2D eigenvalue weighted by Crippen LogP contribution is -2.26. The maximum Gasteiger partial charge on any atom is 0.196 e. The second kappa shape index (κ2) is 3.67. The largest absolute Gasteiger partial charge is 0.354 e. The van der Waals surface area contributed by atoms with Crippen LogP contribution >= 0.6 is 11.7 Å². The number of rotatable bonds is 1. The molecule has 7 heteroatoms. The summed E-state index contributed by atoms with van der Waals surface area (Å²) in [6.45, 7) is 1.48. The Morgan fingerprint density at radius 1 is 1.38 bits per heavy atom. The molecular formula is C9H8FN5S. The van der Waals surface area contributed by atoms with E-state index in [-0.39, 0.29) is 5.82 Å². The van der Waals surface area contributed by atoms with Gasteiger partial charge in [0.1, 0.15) is 22.5 Å². The molecule has 2 aromatic rings. The van der Waals surface area contributed by atoms with Gasteiger partial charge in [-0.05, 0) is 12.1 Å². The zero-order valence-electron chi connectivity index (χ0n) is 8.20. The monoisotopic (exact) mass is 237 g/mol. The zero-order valence-corrected chi connectivity index (χ0v) is 9.01. The van der Waals surface area contributed by atoms with Crippen LogP contribution in [0.15, 0.2) is 17.1 Å². The Balaban J connectivity index is 2.06. The molecule has 0 atom stereocenters. The van der Waals surface area contributed by atoms with E-state index < -0.39 is 0 Å². The number of nitrogens with one attached hydrogen (secondary N) is 2. The van der Waals surface area contributed by atoms with E-state index in [4.69, 9.17) is 0 Å². The molecule has 1 aliphatic heterocycles. The Morgan fingerprint density at radius 3 is 3.12 bits per heavy atom. The molecule has 0 saturated carbocycles. The number of halogens is 1. The van der Waals surface area contributed by atoms with Crippen LogP contribution in [-0.4, -0.2) is 27.8 Å². The van der Waals surface area contributed by atoms with E-state index in [2.05, 4.69) is 24.4 Å². The van der Waals surface area contributed by atoms with Crippen LogP contribution in [0.3, 0.4) is 0 Å². The molecular weight excluding hydrogens is 229 g/mol. The number of benzene rings is 1. The van der Waals surface area contributed by atoms with Gasteiger partial charge in [-0.2, -0.15) is 8.75 Å². The molecule has 1 aromatic carbocycles. The van der Waals surface area contributed by atoms with E-state index in [1.54, 1.807) is 6.07 Å².